The second-order valence-corrected chi connectivity index (χ2v) is 4.54. The first-order valence-electron chi connectivity index (χ1n) is 4.75. The van der Waals surface area contributed by atoms with Gasteiger partial charge in [-0.25, -0.2) is 5.01 Å². The number of aromatic nitrogens is 1. The maximum absolute atomic E-state index is 12.0. The van der Waals surface area contributed by atoms with Crippen LogP contribution < -0.4 is 5.01 Å². The minimum Gasteiger partial charge on any atom is -0.272 e. The van der Waals surface area contributed by atoms with Crippen LogP contribution in [-0.2, 0) is 4.79 Å². The molecule has 1 saturated heterocycles. The van der Waals surface area contributed by atoms with Gasteiger partial charge in [0.15, 0.2) is 0 Å². The fourth-order valence-corrected chi connectivity index (χ4v) is 2.94. The lowest BCUT2D eigenvalue weighted by atomic mass is 10.1. The number of nitrogens with zero attached hydrogens (tertiary/aromatic N) is 3. The van der Waals surface area contributed by atoms with Crippen LogP contribution in [0, 0.1) is 5.92 Å². The number of anilines is 1. The monoisotopic (exact) mass is 219 g/mol. The highest BCUT2D eigenvalue weighted by Gasteiger charge is 2.39. The van der Waals surface area contributed by atoms with E-state index in [1.807, 2.05) is 0 Å². The predicted octanol–water partition coefficient (Wildman–Crippen LogP) is 1.15. The summed E-state index contributed by atoms with van der Waals surface area (Å²) in [5.41, 5.74) is 1.82. The summed E-state index contributed by atoms with van der Waals surface area (Å²) < 4.78 is 0. The maximum Gasteiger partial charge on any atom is 0.257 e. The van der Waals surface area contributed by atoms with Crippen molar-refractivity contribution in [2.45, 2.75) is 0 Å². The van der Waals surface area contributed by atoms with E-state index in [2.05, 4.69) is 10.1 Å². The van der Waals surface area contributed by atoms with E-state index in [4.69, 9.17) is 0 Å². The van der Waals surface area contributed by atoms with Gasteiger partial charge in [-0.2, -0.15) is 16.9 Å². The second kappa shape index (κ2) is 3.34. The summed E-state index contributed by atoms with van der Waals surface area (Å²) >= 11 is 1.78. The smallest absolute Gasteiger partial charge is 0.257 e. The first kappa shape index (κ1) is 8.91. The Morgan fingerprint density at radius 1 is 1.40 bits per heavy atom. The Morgan fingerprint density at radius 2 is 2.20 bits per heavy atom. The number of carbonyl (C=O) groups excluding carboxylic acids is 1. The number of amides is 1. The lowest BCUT2D eigenvalue weighted by Gasteiger charge is -2.12. The Hall–Kier alpha value is -1.36. The van der Waals surface area contributed by atoms with Crippen molar-refractivity contribution in [2.24, 2.45) is 11.0 Å². The molecule has 1 atom stereocenters. The van der Waals surface area contributed by atoms with E-state index in [1.165, 1.54) is 5.01 Å². The first-order chi connectivity index (χ1) is 7.36. The van der Waals surface area contributed by atoms with Crippen LogP contribution in [0.5, 0.6) is 0 Å². The van der Waals surface area contributed by atoms with Crippen molar-refractivity contribution in [1.82, 2.24) is 4.98 Å². The van der Waals surface area contributed by atoms with E-state index in [0.29, 0.717) is 0 Å². The van der Waals surface area contributed by atoms with Crippen molar-refractivity contribution in [3.05, 3.63) is 24.5 Å². The van der Waals surface area contributed by atoms with Gasteiger partial charge in [0.1, 0.15) is 0 Å². The van der Waals surface area contributed by atoms with Gasteiger partial charge in [-0.05, 0) is 12.1 Å². The third-order valence-corrected chi connectivity index (χ3v) is 3.65. The summed E-state index contributed by atoms with van der Waals surface area (Å²) in [5.74, 6) is 1.88. The maximum atomic E-state index is 12.0. The van der Waals surface area contributed by atoms with Gasteiger partial charge in [0.25, 0.3) is 5.91 Å². The van der Waals surface area contributed by atoms with Gasteiger partial charge < -0.3 is 0 Å². The Balaban J connectivity index is 1.97. The molecule has 0 radical (unpaired) electrons. The molecule has 5 heteroatoms. The molecule has 1 aromatic rings. The zero-order chi connectivity index (χ0) is 10.3. The number of rotatable bonds is 1. The van der Waals surface area contributed by atoms with Crippen LogP contribution in [0.4, 0.5) is 5.69 Å². The lowest BCUT2D eigenvalue weighted by molar-refractivity contribution is -0.119. The van der Waals surface area contributed by atoms with E-state index in [1.54, 1.807) is 36.3 Å². The molecule has 0 N–H and O–H groups in total. The van der Waals surface area contributed by atoms with E-state index < -0.39 is 0 Å². The number of hydrazone groups is 1. The summed E-state index contributed by atoms with van der Waals surface area (Å²) in [6.07, 6.45) is 3.34. The third kappa shape index (κ3) is 1.34. The van der Waals surface area contributed by atoms with Crippen molar-refractivity contribution in [2.75, 3.05) is 16.5 Å². The molecule has 4 nitrogen and oxygen atoms in total. The third-order valence-electron chi connectivity index (χ3n) is 2.58. The highest BCUT2D eigenvalue weighted by molar-refractivity contribution is 8.00. The van der Waals surface area contributed by atoms with Crippen molar-refractivity contribution < 1.29 is 4.79 Å². The predicted molar refractivity (Wildman–Crippen MR) is 60.0 cm³/mol. The van der Waals surface area contributed by atoms with Gasteiger partial charge in [0.05, 0.1) is 17.3 Å². The molecule has 1 fully saturated rings. The molecule has 0 spiro atoms. The summed E-state index contributed by atoms with van der Waals surface area (Å²) in [6.45, 7) is 0. The van der Waals surface area contributed by atoms with Crippen LogP contribution in [0.2, 0.25) is 0 Å². The van der Waals surface area contributed by atoms with Gasteiger partial charge >= 0.3 is 0 Å². The van der Waals surface area contributed by atoms with E-state index in [0.717, 1.165) is 22.9 Å². The Morgan fingerprint density at radius 3 is 2.93 bits per heavy atom. The quantitative estimate of drug-likeness (QED) is 0.711. The van der Waals surface area contributed by atoms with Crippen molar-refractivity contribution in [3.8, 4) is 0 Å². The second-order valence-electron chi connectivity index (χ2n) is 3.51. The molecule has 76 valence electrons. The van der Waals surface area contributed by atoms with Crippen LogP contribution in [0.1, 0.15) is 0 Å². The van der Waals surface area contributed by atoms with Crippen molar-refractivity contribution >= 4 is 29.1 Å². The number of pyridine rings is 1. The summed E-state index contributed by atoms with van der Waals surface area (Å²) in [6, 6.07) is 3.60. The summed E-state index contributed by atoms with van der Waals surface area (Å²) in [4.78, 5) is 15.9. The topological polar surface area (TPSA) is 45.6 Å². The molecule has 1 amide bonds. The molecule has 1 unspecified atom stereocenters. The summed E-state index contributed by atoms with van der Waals surface area (Å²) in [7, 11) is 0. The molecular weight excluding hydrogens is 210 g/mol. The van der Waals surface area contributed by atoms with E-state index >= 15 is 0 Å². The fourth-order valence-electron chi connectivity index (χ4n) is 1.79. The number of hydrogen-bond donors (Lipinski definition) is 0. The zero-order valence-electron chi connectivity index (χ0n) is 7.96. The van der Waals surface area contributed by atoms with E-state index in [-0.39, 0.29) is 11.8 Å². The van der Waals surface area contributed by atoms with Crippen LogP contribution in [0.15, 0.2) is 29.6 Å². The highest BCUT2D eigenvalue weighted by Crippen LogP contribution is 2.31. The number of hydrogen-bond acceptors (Lipinski definition) is 4. The molecular formula is C10H9N3OS. The minimum absolute atomic E-state index is 0.0168. The molecule has 0 aliphatic carbocycles. The molecule has 1 aromatic heterocycles. The molecule has 0 aromatic carbocycles. The van der Waals surface area contributed by atoms with Crippen molar-refractivity contribution in [1.29, 1.82) is 0 Å². The zero-order valence-corrected chi connectivity index (χ0v) is 8.78. The molecule has 0 saturated carbocycles. The lowest BCUT2D eigenvalue weighted by Crippen LogP contribution is -2.27. The normalized spacial score (nSPS) is 24.3. The Kier molecular flexibility index (Phi) is 1.98. The molecule has 2 aliphatic rings. The van der Waals surface area contributed by atoms with Gasteiger partial charge in [0, 0.05) is 23.9 Å². The Bertz CT molecular complexity index is 432. The van der Waals surface area contributed by atoms with E-state index in [9.17, 15) is 4.79 Å². The van der Waals surface area contributed by atoms with Crippen LogP contribution in [-0.4, -0.2) is 28.1 Å². The Labute approximate surface area is 91.4 Å². The van der Waals surface area contributed by atoms with Crippen LogP contribution >= 0.6 is 11.8 Å². The van der Waals surface area contributed by atoms with Gasteiger partial charge in [-0.15, -0.1) is 0 Å². The first-order valence-corrected chi connectivity index (χ1v) is 5.91. The molecule has 0 bridgehead atoms. The molecule has 2 aliphatic heterocycles. The summed E-state index contributed by atoms with van der Waals surface area (Å²) in [5, 5.41) is 5.85. The minimum atomic E-state index is 0.0168. The van der Waals surface area contributed by atoms with Crippen LogP contribution in [0.3, 0.4) is 0 Å². The average molecular weight is 219 g/mol. The van der Waals surface area contributed by atoms with Gasteiger partial charge in [-0.1, -0.05) is 0 Å². The molecule has 15 heavy (non-hydrogen) atoms. The number of thioether (sulfide) groups is 1. The van der Waals surface area contributed by atoms with Crippen LogP contribution in [0.25, 0.3) is 0 Å². The van der Waals surface area contributed by atoms with Crippen molar-refractivity contribution in [3.63, 3.8) is 0 Å². The molecule has 3 heterocycles. The number of fused-ring (bicyclic) bond motifs is 1. The van der Waals surface area contributed by atoms with Gasteiger partial charge in [-0.3, -0.25) is 9.78 Å². The molecule has 3 rings (SSSR count). The SMILES string of the molecule is O=C1C2CSCC2=NN1c1ccncc1. The highest BCUT2D eigenvalue weighted by atomic mass is 32.2. The van der Waals surface area contributed by atoms with Gasteiger partial charge in [0.2, 0.25) is 0 Å². The average Bonchev–Trinajstić information content (AvgIpc) is 2.83. The fraction of sp³-hybridized carbons (Fsp3) is 0.300. The standard InChI is InChI=1S/C10H9N3OS/c14-10-8-5-15-6-9(8)12-13(10)7-1-3-11-4-2-7/h1-4,8H,5-6H2. The number of carbonyl (C=O) groups is 1. The largest absolute Gasteiger partial charge is 0.272 e.